The highest BCUT2D eigenvalue weighted by Crippen LogP contribution is 2.46. The number of urea groups is 1. The van der Waals surface area contributed by atoms with Crippen LogP contribution in [0.25, 0.3) is 10.9 Å². The fourth-order valence-corrected chi connectivity index (χ4v) is 5.13. The summed E-state index contributed by atoms with van der Waals surface area (Å²) in [5, 5.41) is 6.54. The third-order valence-corrected chi connectivity index (χ3v) is 5.80. The fourth-order valence-electron chi connectivity index (χ4n) is 5.13. The van der Waals surface area contributed by atoms with E-state index < -0.39 is 17.5 Å². The van der Waals surface area contributed by atoms with Gasteiger partial charge in [0.1, 0.15) is 12.1 Å². The number of imide groups is 1. The Morgan fingerprint density at radius 2 is 2.03 bits per heavy atom. The molecule has 2 heterocycles. The van der Waals surface area contributed by atoms with Gasteiger partial charge < -0.3 is 10.6 Å². The maximum atomic E-state index is 13.1. The van der Waals surface area contributed by atoms with Crippen LogP contribution < -0.4 is 10.6 Å². The second-order valence-corrected chi connectivity index (χ2v) is 9.22. The Morgan fingerprint density at radius 1 is 1.28 bits per heavy atom. The van der Waals surface area contributed by atoms with Crippen LogP contribution in [0.2, 0.25) is 0 Å². The van der Waals surface area contributed by atoms with Crippen LogP contribution >= 0.6 is 0 Å². The standard InChI is InChI=1S/C22H26N4O3/c1-14-9-21(2,3)13-22(10-14)19(28)26(20(29)25-22)12-18(27)24-16-8-15-6-4-5-7-17(15)23-11-16/h4-8,11,14H,9-10,12-13H2,1-3H3,(H,24,27)(H,25,29). The Balaban J connectivity index is 1.48. The third kappa shape index (κ3) is 3.69. The summed E-state index contributed by atoms with van der Waals surface area (Å²) >= 11 is 0. The van der Waals surface area contributed by atoms with Crippen LogP contribution in [0.4, 0.5) is 10.5 Å². The van der Waals surface area contributed by atoms with E-state index in [2.05, 4.69) is 36.4 Å². The summed E-state index contributed by atoms with van der Waals surface area (Å²) in [5.74, 6) is -0.403. The number of anilines is 1. The fraction of sp³-hybridized carbons (Fsp3) is 0.455. The zero-order chi connectivity index (χ0) is 20.8. The molecule has 1 aromatic heterocycles. The summed E-state index contributed by atoms with van der Waals surface area (Å²) < 4.78 is 0. The van der Waals surface area contributed by atoms with E-state index in [-0.39, 0.29) is 17.9 Å². The number of nitrogens with zero attached hydrogens (tertiary/aromatic N) is 2. The molecule has 2 atom stereocenters. The third-order valence-electron chi connectivity index (χ3n) is 5.80. The highest BCUT2D eigenvalue weighted by Gasteiger charge is 2.56. The molecule has 2 N–H and O–H groups in total. The highest BCUT2D eigenvalue weighted by molar-refractivity contribution is 6.10. The number of carbonyl (C=O) groups excluding carboxylic acids is 3. The Morgan fingerprint density at radius 3 is 2.79 bits per heavy atom. The Kier molecular flexibility index (Phi) is 4.56. The molecule has 7 nitrogen and oxygen atoms in total. The lowest BCUT2D eigenvalue weighted by atomic mass is 9.64. The molecule has 0 radical (unpaired) electrons. The summed E-state index contributed by atoms with van der Waals surface area (Å²) in [6, 6.07) is 8.92. The number of para-hydroxylation sites is 1. The van der Waals surface area contributed by atoms with Crippen molar-refractivity contribution in [2.75, 3.05) is 11.9 Å². The quantitative estimate of drug-likeness (QED) is 0.782. The highest BCUT2D eigenvalue weighted by atomic mass is 16.2. The minimum Gasteiger partial charge on any atom is -0.323 e. The summed E-state index contributed by atoms with van der Waals surface area (Å²) in [6.07, 6.45) is 3.77. The largest absolute Gasteiger partial charge is 0.325 e. The van der Waals surface area contributed by atoms with Gasteiger partial charge in [0.25, 0.3) is 5.91 Å². The van der Waals surface area contributed by atoms with E-state index in [0.29, 0.717) is 24.4 Å². The summed E-state index contributed by atoms with van der Waals surface area (Å²) in [7, 11) is 0. The molecule has 0 bridgehead atoms. The molecule has 2 aliphatic rings. The van der Waals surface area contributed by atoms with E-state index in [4.69, 9.17) is 0 Å². The second-order valence-electron chi connectivity index (χ2n) is 9.22. The maximum absolute atomic E-state index is 13.1. The number of hydrogen-bond acceptors (Lipinski definition) is 4. The first-order chi connectivity index (χ1) is 13.7. The van der Waals surface area contributed by atoms with Crippen LogP contribution in [0, 0.1) is 11.3 Å². The molecular weight excluding hydrogens is 368 g/mol. The molecule has 1 saturated heterocycles. The van der Waals surface area contributed by atoms with E-state index in [1.807, 2.05) is 30.3 Å². The topological polar surface area (TPSA) is 91.4 Å². The van der Waals surface area contributed by atoms with Gasteiger partial charge in [-0.25, -0.2) is 4.79 Å². The van der Waals surface area contributed by atoms with Gasteiger partial charge in [0.15, 0.2) is 0 Å². The van der Waals surface area contributed by atoms with Crippen LogP contribution in [0.5, 0.6) is 0 Å². The van der Waals surface area contributed by atoms with E-state index in [1.54, 1.807) is 6.20 Å². The number of rotatable bonds is 3. The molecule has 1 aliphatic heterocycles. The van der Waals surface area contributed by atoms with Gasteiger partial charge in [0.05, 0.1) is 17.4 Å². The van der Waals surface area contributed by atoms with Gasteiger partial charge in [-0.1, -0.05) is 39.0 Å². The molecule has 1 spiro atoms. The van der Waals surface area contributed by atoms with Crippen molar-refractivity contribution >= 4 is 34.4 Å². The first-order valence-electron chi connectivity index (χ1n) is 9.96. The molecule has 4 amide bonds. The van der Waals surface area contributed by atoms with E-state index in [9.17, 15) is 14.4 Å². The van der Waals surface area contributed by atoms with Crippen molar-refractivity contribution in [1.82, 2.24) is 15.2 Å². The molecule has 7 heteroatoms. The second kappa shape index (κ2) is 6.83. The minimum atomic E-state index is -0.900. The van der Waals surface area contributed by atoms with Gasteiger partial charge in [-0.15, -0.1) is 0 Å². The number of nitrogens with one attached hydrogen (secondary N) is 2. The van der Waals surface area contributed by atoms with Crippen molar-refractivity contribution in [3.8, 4) is 0 Å². The van der Waals surface area contributed by atoms with Gasteiger partial charge in [-0.2, -0.15) is 0 Å². The van der Waals surface area contributed by atoms with Crippen molar-refractivity contribution in [3.63, 3.8) is 0 Å². The van der Waals surface area contributed by atoms with Crippen LogP contribution in [-0.4, -0.2) is 39.8 Å². The summed E-state index contributed by atoms with van der Waals surface area (Å²) in [5.41, 5.74) is 0.414. The van der Waals surface area contributed by atoms with Crippen molar-refractivity contribution < 1.29 is 14.4 Å². The number of amides is 4. The molecule has 2 fully saturated rings. The Hall–Kier alpha value is -2.96. The minimum absolute atomic E-state index is 0.0460. The molecule has 4 rings (SSSR count). The molecular formula is C22H26N4O3. The number of fused-ring (bicyclic) bond motifs is 1. The molecule has 1 aromatic carbocycles. The molecule has 2 unspecified atom stereocenters. The zero-order valence-electron chi connectivity index (χ0n) is 17.0. The maximum Gasteiger partial charge on any atom is 0.325 e. The van der Waals surface area contributed by atoms with Crippen molar-refractivity contribution in [1.29, 1.82) is 0 Å². The van der Waals surface area contributed by atoms with Gasteiger partial charge in [-0.05, 0) is 42.7 Å². The molecule has 29 heavy (non-hydrogen) atoms. The zero-order valence-corrected chi connectivity index (χ0v) is 17.0. The lowest BCUT2D eigenvalue weighted by Gasteiger charge is -2.43. The number of pyridine rings is 1. The summed E-state index contributed by atoms with van der Waals surface area (Å²) in [4.78, 5) is 43.6. The van der Waals surface area contributed by atoms with Crippen molar-refractivity contribution in [3.05, 3.63) is 36.5 Å². The average molecular weight is 394 g/mol. The van der Waals surface area contributed by atoms with Gasteiger partial charge in [0.2, 0.25) is 5.91 Å². The van der Waals surface area contributed by atoms with E-state index in [1.165, 1.54) is 0 Å². The Bertz CT molecular complexity index is 1000. The van der Waals surface area contributed by atoms with E-state index >= 15 is 0 Å². The molecule has 1 aliphatic carbocycles. The number of carbonyl (C=O) groups is 3. The number of hydrogen-bond donors (Lipinski definition) is 2. The van der Waals surface area contributed by atoms with Crippen LogP contribution in [-0.2, 0) is 9.59 Å². The number of benzene rings is 1. The number of aromatic nitrogens is 1. The molecule has 152 valence electrons. The van der Waals surface area contributed by atoms with Gasteiger partial charge in [-0.3, -0.25) is 19.5 Å². The molecule has 1 saturated carbocycles. The average Bonchev–Trinajstić information content (AvgIpc) is 2.83. The van der Waals surface area contributed by atoms with Crippen LogP contribution in [0.1, 0.15) is 40.0 Å². The van der Waals surface area contributed by atoms with Gasteiger partial charge in [0, 0.05) is 5.39 Å². The van der Waals surface area contributed by atoms with E-state index in [0.717, 1.165) is 22.2 Å². The van der Waals surface area contributed by atoms with Crippen molar-refractivity contribution in [2.45, 2.75) is 45.6 Å². The predicted octanol–water partition coefficient (Wildman–Crippen LogP) is 3.31. The Labute approximate surface area is 169 Å². The van der Waals surface area contributed by atoms with Crippen molar-refractivity contribution in [2.24, 2.45) is 11.3 Å². The lowest BCUT2D eigenvalue weighted by molar-refractivity contribution is -0.136. The first-order valence-corrected chi connectivity index (χ1v) is 9.96. The van der Waals surface area contributed by atoms with Crippen LogP contribution in [0.3, 0.4) is 0 Å². The molecule has 2 aromatic rings. The normalized spacial score (nSPS) is 26.0. The predicted molar refractivity (Wildman–Crippen MR) is 110 cm³/mol. The smallest absolute Gasteiger partial charge is 0.323 e. The first kappa shape index (κ1) is 19.4. The lowest BCUT2D eigenvalue weighted by Crippen LogP contribution is -2.54. The SMILES string of the molecule is CC1CC(C)(C)CC2(C1)NC(=O)N(CC(=O)Nc1cnc3ccccc3c1)C2=O. The van der Waals surface area contributed by atoms with Gasteiger partial charge >= 0.3 is 6.03 Å². The monoisotopic (exact) mass is 394 g/mol. The summed E-state index contributed by atoms with van der Waals surface area (Å²) in [6.45, 7) is 6.02. The van der Waals surface area contributed by atoms with Crippen LogP contribution in [0.15, 0.2) is 36.5 Å².